The Bertz CT molecular complexity index is 133. The lowest BCUT2D eigenvalue weighted by atomic mass is 10.3. The van der Waals surface area contributed by atoms with Gasteiger partial charge in [-0.25, -0.2) is 0 Å². The summed E-state index contributed by atoms with van der Waals surface area (Å²) in [4.78, 5) is 2.00. The lowest BCUT2D eigenvalue weighted by Gasteiger charge is -2.16. The molecule has 2 atom stereocenters. The smallest absolute Gasteiger partial charge is 0.0791 e. The predicted octanol–water partition coefficient (Wildman–Crippen LogP) is 0.640. The average Bonchev–Trinajstić information content (AvgIpc) is 2.10. The monoisotopic (exact) mass is 220 g/mol. The van der Waals surface area contributed by atoms with Crippen molar-refractivity contribution in [3.63, 3.8) is 0 Å². The molecule has 86 valence electrons. The molecule has 4 heteroatoms. The second-order valence-corrected chi connectivity index (χ2v) is 5.23. The Hall–Kier alpha value is 0.230. The Morgan fingerprint density at radius 1 is 1.43 bits per heavy atom. The minimum Gasteiger partial charge on any atom is -0.390 e. The van der Waals surface area contributed by atoms with Gasteiger partial charge in [0.25, 0.3) is 0 Å². The highest BCUT2D eigenvalue weighted by atomic mass is 32.2. The Kier molecular flexibility index (Phi) is 8.67. The molecule has 0 bridgehead atoms. The van der Waals surface area contributed by atoms with Crippen LogP contribution in [-0.2, 0) is 0 Å². The molecule has 0 spiro atoms. The maximum Gasteiger partial charge on any atom is 0.0791 e. The number of nitrogens with zero attached hydrogens (tertiary/aromatic N) is 1. The van der Waals surface area contributed by atoms with E-state index in [-0.39, 0.29) is 6.10 Å². The van der Waals surface area contributed by atoms with Crippen molar-refractivity contribution in [2.45, 2.75) is 24.7 Å². The number of thioether (sulfide) groups is 1. The van der Waals surface area contributed by atoms with Gasteiger partial charge >= 0.3 is 0 Å². The number of nitrogens with one attached hydrogen (secondary N) is 1. The molecule has 2 unspecified atom stereocenters. The van der Waals surface area contributed by atoms with Gasteiger partial charge < -0.3 is 15.3 Å². The number of aliphatic hydroxyl groups is 1. The molecule has 0 aliphatic rings. The minimum atomic E-state index is -0.255. The van der Waals surface area contributed by atoms with Crippen LogP contribution >= 0.6 is 11.8 Å². The van der Waals surface area contributed by atoms with E-state index >= 15 is 0 Å². The van der Waals surface area contributed by atoms with Gasteiger partial charge in [-0.1, -0.05) is 6.92 Å². The summed E-state index contributed by atoms with van der Waals surface area (Å²) in [6.45, 7) is 4.64. The zero-order chi connectivity index (χ0) is 11.0. The van der Waals surface area contributed by atoms with E-state index in [2.05, 4.69) is 18.5 Å². The van der Waals surface area contributed by atoms with E-state index in [9.17, 15) is 5.11 Å². The average molecular weight is 220 g/mol. The summed E-state index contributed by atoms with van der Waals surface area (Å²) in [7, 11) is 3.94. The fourth-order valence-electron chi connectivity index (χ4n) is 1.18. The molecular formula is C10H24N2OS. The number of likely N-dealkylation sites (N-methyl/N-ethyl adjacent to an activating group) is 1. The van der Waals surface area contributed by atoms with Gasteiger partial charge in [0.2, 0.25) is 0 Å². The number of aliphatic hydroxyl groups excluding tert-OH is 1. The van der Waals surface area contributed by atoms with Gasteiger partial charge in [-0.2, -0.15) is 11.8 Å². The summed E-state index contributed by atoms with van der Waals surface area (Å²) >= 11 is 1.88. The van der Waals surface area contributed by atoms with Crippen molar-refractivity contribution >= 4 is 11.8 Å². The molecule has 0 amide bonds. The third kappa shape index (κ3) is 8.81. The molecule has 0 aromatic heterocycles. The van der Waals surface area contributed by atoms with Crippen LogP contribution in [0.3, 0.4) is 0 Å². The highest BCUT2D eigenvalue weighted by Gasteiger charge is 2.04. The molecule has 0 aliphatic heterocycles. The van der Waals surface area contributed by atoms with Crippen molar-refractivity contribution in [1.82, 2.24) is 10.2 Å². The molecule has 0 fully saturated rings. The maximum absolute atomic E-state index is 9.53. The zero-order valence-electron chi connectivity index (χ0n) is 9.79. The standard InChI is InChI=1S/C10H24N2OS/c1-9(14-4)5-6-11-7-10(13)8-12(2)3/h9-11,13H,5-8H2,1-4H3. The maximum atomic E-state index is 9.53. The first kappa shape index (κ1) is 14.2. The van der Waals surface area contributed by atoms with Crippen molar-refractivity contribution in [3.05, 3.63) is 0 Å². The van der Waals surface area contributed by atoms with Crippen LogP contribution in [0.25, 0.3) is 0 Å². The molecular weight excluding hydrogens is 196 g/mol. The lowest BCUT2D eigenvalue weighted by Crippen LogP contribution is -2.35. The summed E-state index contributed by atoms with van der Waals surface area (Å²) in [5.41, 5.74) is 0. The Morgan fingerprint density at radius 2 is 2.07 bits per heavy atom. The van der Waals surface area contributed by atoms with Crippen LogP contribution < -0.4 is 5.32 Å². The summed E-state index contributed by atoms with van der Waals surface area (Å²) < 4.78 is 0. The summed E-state index contributed by atoms with van der Waals surface area (Å²) in [5, 5.41) is 13.5. The Balaban J connectivity index is 3.27. The highest BCUT2D eigenvalue weighted by molar-refractivity contribution is 7.99. The van der Waals surface area contributed by atoms with Crippen LogP contribution in [-0.4, -0.2) is 61.3 Å². The van der Waals surface area contributed by atoms with Crippen molar-refractivity contribution in [2.75, 3.05) is 40.0 Å². The first-order valence-electron chi connectivity index (χ1n) is 5.12. The van der Waals surface area contributed by atoms with E-state index < -0.39 is 0 Å². The van der Waals surface area contributed by atoms with Crippen LogP contribution in [0.15, 0.2) is 0 Å². The van der Waals surface area contributed by atoms with E-state index in [0.29, 0.717) is 11.8 Å². The topological polar surface area (TPSA) is 35.5 Å². The predicted molar refractivity (Wildman–Crippen MR) is 65.0 cm³/mol. The number of hydrogen-bond acceptors (Lipinski definition) is 4. The molecule has 3 nitrogen and oxygen atoms in total. The van der Waals surface area contributed by atoms with E-state index in [4.69, 9.17) is 0 Å². The molecule has 0 aliphatic carbocycles. The van der Waals surface area contributed by atoms with E-state index in [1.807, 2.05) is 30.8 Å². The fraction of sp³-hybridized carbons (Fsp3) is 1.00. The van der Waals surface area contributed by atoms with Crippen LogP contribution in [0.4, 0.5) is 0 Å². The van der Waals surface area contributed by atoms with Gasteiger partial charge in [-0.15, -0.1) is 0 Å². The van der Waals surface area contributed by atoms with Gasteiger partial charge in [-0.05, 0) is 33.3 Å². The largest absolute Gasteiger partial charge is 0.390 e. The summed E-state index contributed by atoms with van der Waals surface area (Å²) in [6.07, 6.45) is 3.04. The summed E-state index contributed by atoms with van der Waals surface area (Å²) in [6, 6.07) is 0. The molecule has 0 radical (unpaired) electrons. The van der Waals surface area contributed by atoms with E-state index in [1.165, 1.54) is 0 Å². The Labute approximate surface area is 92.3 Å². The van der Waals surface area contributed by atoms with Gasteiger partial charge in [0.15, 0.2) is 0 Å². The van der Waals surface area contributed by atoms with Crippen LogP contribution in [0.2, 0.25) is 0 Å². The zero-order valence-corrected chi connectivity index (χ0v) is 10.6. The quantitative estimate of drug-likeness (QED) is 0.589. The number of hydrogen-bond donors (Lipinski definition) is 2. The van der Waals surface area contributed by atoms with E-state index in [0.717, 1.165) is 19.5 Å². The van der Waals surface area contributed by atoms with E-state index in [1.54, 1.807) is 0 Å². The highest BCUT2D eigenvalue weighted by Crippen LogP contribution is 2.07. The molecule has 0 aromatic rings. The van der Waals surface area contributed by atoms with Crippen LogP contribution in [0.5, 0.6) is 0 Å². The first-order chi connectivity index (χ1) is 6.56. The molecule has 0 saturated carbocycles. The van der Waals surface area contributed by atoms with Crippen molar-refractivity contribution in [1.29, 1.82) is 0 Å². The molecule has 0 heterocycles. The summed E-state index contributed by atoms with van der Waals surface area (Å²) in [5.74, 6) is 0. The van der Waals surface area contributed by atoms with Crippen molar-refractivity contribution in [3.8, 4) is 0 Å². The Morgan fingerprint density at radius 3 is 2.57 bits per heavy atom. The third-order valence-corrected chi connectivity index (χ3v) is 3.13. The second-order valence-electron chi connectivity index (χ2n) is 3.96. The lowest BCUT2D eigenvalue weighted by molar-refractivity contribution is 0.135. The normalized spacial score (nSPS) is 15.9. The third-order valence-electron chi connectivity index (χ3n) is 2.09. The SMILES string of the molecule is CSC(C)CCNCC(O)CN(C)C. The molecule has 0 rings (SSSR count). The van der Waals surface area contributed by atoms with Gasteiger partial charge in [0, 0.05) is 18.3 Å². The van der Waals surface area contributed by atoms with Crippen LogP contribution in [0, 0.1) is 0 Å². The second kappa shape index (κ2) is 8.53. The number of rotatable bonds is 8. The van der Waals surface area contributed by atoms with Gasteiger partial charge in [0.05, 0.1) is 6.10 Å². The molecule has 0 saturated heterocycles. The van der Waals surface area contributed by atoms with Crippen LogP contribution in [0.1, 0.15) is 13.3 Å². The van der Waals surface area contributed by atoms with Gasteiger partial charge in [-0.3, -0.25) is 0 Å². The minimum absolute atomic E-state index is 0.255. The molecule has 2 N–H and O–H groups in total. The first-order valence-corrected chi connectivity index (χ1v) is 6.41. The molecule has 14 heavy (non-hydrogen) atoms. The fourth-order valence-corrected chi connectivity index (χ4v) is 1.53. The molecule has 0 aromatic carbocycles. The van der Waals surface area contributed by atoms with Gasteiger partial charge in [0.1, 0.15) is 0 Å². The van der Waals surface area contributed by atoms with Crippen molar-refractivity contribution in [2.24, 2.45) is 0 Å². The van der Waals surface area contributed by atoms with Crippen molar-refractivity contribution < 1.29 is 5.11 Å².